The van der Waals surface area contributed by atoms with Gasteiger partial charge in [0.1, 0.15) is 11.4 Å². The first-order valence-electron chi connectivity index (χ1n) is 9.97. The molecule has 1 aliphatic heterocycles. The number of ether oxygens (including phenoxy) is 1. The van der Waals surface area contributed by atoms with Crippen molar-refractivity contribution in [1.82, 2.24) is 9.88 Å². The smallest absolute Gasteiger partial charge is 0.416 e. The van der Waals surface area contributed by atoms with Crippen molar-refractivity contribution in [3.8, 4) is 0 Å². The molecular weight excluding hydrogens is 411 g/mol. The minimum atomic E-state index is -4.49. The molecule has 6 nitrogen and oxygen atoms in total. The number of likely N-dealkylation sites (tertiary alicyclic amines) is 1. The SMILES string of the molecule is C[C@@H]1C[C@H](C)CN(C(=O)COC(=O)c2cccnc2Nc2cccc(C(F)(F)F)c2)C1. The van der Waals surface area contributed by atoms with Crippen LogP contribution in [0.4, 0.5) is 24.7 Å². The molecule has 9 heteroatoms. The molecule has 0 radical (unpaired) electrons. The number of halogens is 3. The van der Waals surface area contributed by atoms with E-state index < -0.39 is 24.3 Å². The Bertz CT molecular complexity index is 939. The summed E-state index contributed by atoms with van der Waals surface area (Å²) < 4.78 is 44.0. The molecule has 1 amide bonds. The van der Waals surface area contributed by atoms with Crippen molar-refractivity contribution in [2.45, 2.75) is 26.4 Å². The highest BCUT2D eigenvalue weighted by atomic mass is 19.4. The van der Waals surface area contributed by atoms with Crippen molar-refractivity contribution >= 4 is 23.4 Å². The summed E-state index contributed by atoms with van der Waals surface area (Å²) in [5, 5.41) is 2.72. The van der Waals surface area contributed by atoms with Gasteiger partial charge in [0.15, 0.2) is 6.61 Å². The Morgan fingerprint density at radius 2 is 1.87 bits per heavy atom. The zero-order valence-electron chi connectivity index (χ0n) is 17.3. The van der Waals surface area contributed by atoms with Crippen LogP contribution >= 0.6 is 0 Å². The first-order valence-corrected chi connectivity index (χ1v) is 9.97. The predicted molar refractivity (Wildman–Crippen MR) is 109 cm³/mol. The second kappa shape index (κ2) is 9.36. The Labute approximate surface area is 178 Å². The van der Waals surface area contributed by atoms with Crippen molar-refractivity contribution in [2.75, 3.05) is 25.0 Å². The molecule has 166 valence electrons. The maximum atomic E-state index is 12.9. The number of alkyl halides is 3. The number of aromatic nitrogens is 1. The normalized spacial score (nSPS) is 19.1. The number of amides is 1. The highest BCUT2D eigenvalue weighted by Crippen LogP contribution is 2.31. The molecule has 1 N–H and O–H groups in total. The highest BCUT2D eigenvalue weighted by molar-refractivity contribution is 5.96. The summed E-state index contributed by atoms with van der Waals surface area (Å²) in [6.07, 6.45) is -2.05. The predicted octanol–water partition coefficient (Wildman–Crippen LogP) is 4.51. The first kappa shape index (κ1) is 22.6. The fraction of sp³-hybridized carbons (Fsp3) is 0.409. The van der Waals surface area contributed by atoms with Gasteiger partial charge >= 0.3 is 12.1 Å². The number of esters is 1. The lowest BCUT2D eigenvalue weighted by atomic mass is 9.92. The van der Waals surface area contributed by atoms with Crippen LogP contribution in [-0.2, 0) is 15.7 Å². The zero-order chi connectivity index (χ0) is 22.6. The van der Waals surface area contributed by atoms with Crippen molar-refractivity contribution in [1.29, 1.82) is 0 Å². The fourth-order valence-electron chi connectivity index (χ4n) is 3.74. The van der Waals surface area contributed by atoms with Crippen LogP contribution in [0.25, 0.3) is 0 Å². The molecule has 31 heavy (non-hydrogen) atoms. The van der Waals surface area contributed by atoms with Gasteiger partial charge in [-0.25, -0.2) is 9.78 Å². The Hall–Kier alpha value is -3.10. The number of pyridine rings is 1. The topological polar surface area (TPSA) is 71.5 Å². The zero-order valence-corrected chi connectivity index (χ0v) is 17.3. The second-order valence-electron chi connectivity index (χ2n) is 7.92. The largest absolute Gasteiger partial charge is 0.452 e. The molecule has 1 aromatic heterocycles. The van der Waals surface area contributed by atoms with Crippen LogP contribution < -0.4 is 5.32 Å². The standard InChI is InChI=1S/C22H24F3N3O3/c1-14-9-15(2)12-28(11-14)19(29)13-31-21(30)18-7-4-8-26-20(18)27-17-6-3-5-16(10-17)22(23,24)25/h3-8,10,14-15H,9,11-13H2,1-2H3,(H,26,27)/t14-,15+. The maximum absolute atomic E-state index is 12.9. The molecule has 2 aromatic rings. The summed E-state index contributed by atoms with van der Waals surface area (Å²) in [5.74, 6) is -0.258. The second-order valence-corrected chi connectivity index (χ2v) is 7.92. The van der Waals surface area contributed by atoms with Crippen LogP contribution in [0.3, 0.4) is 0 Å². The molecule has 2 heterocycles. The minimum absolute atomic E-state index is 0.0214. The van der Waals surface area contributed by atoms with Crippen LogP contribution in [-0.4, -0.2) is 41.5 Å². The Morgan fingerprint density at radius 3 is 2.55 bits per heavy atom. The number of rotatable bonds is 5. The third-order valence-corrected chi connectivity index (χ3v) is 5.03. The molecule has 0 aliphatic carbocycles. The number of benzene rings is 1. The lowest BCUT2D eigenvalue weighted by Crippen LogP contribution is -2.44. The molecule has 2 atom stereocenters. The van der Waals surface area contributed by atoms with E-state index >= 15 is 0 Å². The van der Waals surface area contributed by atoms with E-state index in [1.165, 1.54) is 30.5 Å². The molecule has 3 rings (SSSR count). The van der Waals surface area contributed by atoms with E-state index in [1.54, 1.807) is 4.90 Å². The van der Waals surface area contributed by atoms with E-state index in [4.69, 9.17) is 4.74 Å². The number of carbonyl (C=O) groups is 2. The van der Waals surface area contributed by atoms with Gasteiger partial charge in [0.2, 0.25) is 0 Å². The lowest BCUT2D eigenvalue weighted by molar-refractivity contribution is -0.138. The summed E-state index contributed by atoms with van der Waals surface area (Å²) in [6, 6.07) is 7.50. The number of hydrogen-bond donors (Lipinski definition) is 1. The van der Waals surface area contributed by atoms with Gasteiger partial charge in [-0.15, -0.1) is 0 Å². The summed E-state index contributed by atoms with van der Waals surface area (Å²) in [4.78, 5) is 30.7. The van der Waals surface area contributed by atoms with Crippen molar-refractivity contribution in [3.63, 3.8) is 0 Å². The summed E-state index contributed by atoms with van der Waals surface area (Å²) in [7, 11) is 0. The summed E-state index contributed by atoms with van der Waals surface area (Å²) in [6.45, 7) is 4.98. The van der Waals surface area contributed by atoms with Gasteiger partial charge < -0.3 is 15.0 Å². The quantitative estimate of drug-likeness (QED) is 0.700. The Balaban J connectivity index is 1.67. The van der Waals surface area contributed by atoms with Gasteiger partial charge in [-0.3, -0.25) is 4.79 Å². The highest BCUT2D eigenvalue weighted by Gasteiger charge is 2.30. The van der Waals surface area contributed by atoms with Crippen LogP contribution in [0.2, 0.25) is 0 Å². The third-order valence-electron chi connectivity index (χ3n) is 5.03. The van der Waals surface area contributed by atoms with Crippen LogP contribution in [0, 0.1) is 11.8 Å². The van der Waals surface area contributed by atoms with E-state index in [9.17, 15) is 22.8 Å². The van der Waals surface area contributed by atoms with E-state index in [2.05, 4.69) is 24.1 Å². The number of anilines is 2. The van der Waals surface area contributed by atoms with E-state index in [-0.39, 0.29) is 23.0 Å². The molecule has 1 aromatic carbocycles. The molecule has 0 saturated carbocycles. The van der Waals surface area contributed by atoms with Gasteiger partial charge in [-0.1, -0.05) is 19.9 Å². The summed E-state index contributed by atoms with van der Waals surface area (Å²) >= 11 is 0. The average molecular weight is 435 g/mol. The van der Waals surface area contributed by atoms with Crippen molar-refractivity contribution in [3.05, 3.63) is 53.7 Å². The Morgan fingerprint density at radius 1 is 1.16 bits per heavy atom. The average Bonchev–Trinajstić information content (AvgIpc) is 2.71. The van der Waals surface area contributed by atoms with Gasteiger partial charge in [0.25, 0.3) is 5.91 Å². The van der Waals surface area contributed by atoms with E-state index in [0.29, 0.717) is 24.9 Å². The van der Waals surface area contributed by atoms with Gasteiger partial charge in [0, 0.05) is 25.0 Å². The van der Waals surface area contributed by atoms with Crippen LogP contribution in [0.1, 0.15) is 36.2 Å². The van der Waals surface area contributed by atoms with Crippen molar-refractivity contribution < 1.29 is 27.5 Å². The van der Waals surface area contributed by atoms with Gasteiger partial charge in [-0.2, -0.15) is 13.2 Å². The molecule has 1 saturated heterocycles. The van der Waals surface area contributed by atoms with Gasteiger partial charge in [-0.05, 0) is 48.6 Å². The monoisotopic (exact) mass is 435 g/mol. The number of hydrogen-bond acceptors (Lipinski definition) is 5. The van der Waals surface area contributed by atoms with E-state index in [1.807, 2.05) is 0 Å². The van der Waals surface area contributed by atoms with E-state index in [0.717, 1.165) is 18.6 Å². The Kier molecular flexibility index (Phi) is 6.82. The van der Waals surface area contributed by atoms with Crippen LogP contribution in [0.15, 0.2) is 42.6 Å². The maximum Gasteiger partial charge on any atom is 0.416 e. The summed E-state index contributed by atoms with van der Waals surface area (Å²) in [5.41, 5.74) is -0.684. The van der Waals surface area contributed by atoms with Crippen molar-refractivity contribution in [2.24, 2.45) is 11.8 Å². The number of carbonyl (C=O) groups excluding carboxylic acids is 2. The molecule has 1 fully saturated rings. The fourth-order valence-corrected chi connectivity index (χ4v) is 3.74. The number of nitrogens with zero attached hydrogens (tertiary/aromatic N) is 2. The lowest BCUT2D eigenvalue weighted by Gasteiger charge is -2.34. The molecular formula is C22H24F3N3O3. The minimum Gasteiger partial charge on any atom is -0.452 e. The number of nitrogens with one attached hydrogen (secondary N) is 1. The molecule has 0 unspecified atom stereocenters. The molecule has 0 bridgehead atoms. The molecule has 1 aliphatic rings. The van der Waals surface area contributed by atoms with Crippen LogP contribution in [0.5, 0.6) is 0 Å². The third kappa shape index (κ3) is 5.96. The van der Waals surface area contributed by atoms with Gasteiger partial charge in [0.05, 0.1) is 5.56 Å². The first-order chi connectivity index (χ1) is 14.6. The molecule has 0 spiro atoms. The number of piperidine rings is 1.